The number of rotatable bonds is 8. The molecule has 1 aliphatic heterocycles. The fourth-order valence-corrected chi connectivity index (χ4v) is 2.62. The first-order valence-electron chi connectivity index (χ1n) is 9.06. The minimum absolute atomic E-state index is 0.0791. The molecule has 2 N–H and O–H groups in total. The van der Waals surface area contributed by atoms with Crippen molar-refractivity contribution in [2.45, 2.75) is 6.92 Å². The van der Waals surface area contributed by atoms with Crippen LogP contribution in [0.15, 0.2) is 36.4 Å². The Hall–Kier alpha value is -2.71. The highest BCUT2D eigenvalue weighted by atomic mass is 16.5. The van der Waals surface area contributed by atoms with Crippen molar-refractivity contribution in [3.63, 3.8) is 0 Å². The summed E-state index contributed by atoms with van der Waals surface area (Å²) in [5.74, 6) is 1.45. The quantitative estimate of drug-likeness (QED) is 0.728. The Kier molecular flexibility index (Phi) is 6.95. The zero-order valence-corrected chi connectivity index (χ0v) is 15.5. The summed E-state index contributed by atoms with van der Waals surface area (Å²) in [6, 6.07) is 11.0. The predicted molar refractivity (Wildman–Crippen MR) is 103 cm³/mol. The van der Waals surface area contributed by atoms with Gasteiger partial charge >= 0.3 is 0 Å². The maximum absolute atomic E-state index is 11.9. The summed E-state index contributed by atoms with van der Waals surface area (Å²) in [4.78, 5) is 14.3. The first kappa shape index (κ1) is 19.1. The topological polar surface area (TPSA) is 88.6 Å². The Bertz CT molecular complexity index is 715. The normalized spacial score (nSPS) is 14.6. The SMILES string of the molecule is Cc1ccc(OCC(=O)Nc2ccc(NCCN3CCOCC3)nn2)cc1. The van der Waals surface area contributed by atoms with Crippen LogP contribution in [-0.4, -0.2) is 67.0 Å². The number of hydrogen-bond donors (Lipinski definition) is 2. The Morgan fingerprint density at radius 3 is 2.52 bits per heavy atom. The van der Waals surface area contributed by atoms with Crippen molar-refractivity contribution in [3.8, 4) is 5.75 Å². The molecule has 1 aromatic heterocycles. The van der Waals surface area contributed by atoms with Gasteiger partial charge in [0.2, 0.25) is 0 Å². The second-order valence-corrected chi connectivity index (χ2v) is 6.33. The summed E-state index contributed by atoms with van der Waals surface area (Å²) in [6.45, 7) is 7.14. The van der Waals surface area contributed by atoms with E-state index in [-0.39, 0.29) is 12.5 Å². The minimum atomic E-state index is -0.280. The number of nitrogens with zero attached hydrogens (tertiary/aromatic N) is 3. The summed E-state index contributed by atoms with van der Waals surface area (Å²) < 4.78 is 10.8. The van der Waals surface area contributed by atoms with Crippen molar-refractivity contribution in [1.82, 2.24) is 15.1 Å². The predicted octanol–water partition coefficient (Wildman–Crippen LogP) is 1.55. The maximum Gasteiger partial charge on any atom is 0.263 e. The summed E-state index contributed by atoms with van der Waals surface area (Å²) >= 11 is 0. The molecule has 2 heterocycles. The van der Waals surface area contributed by atoms with Gasteiger partial charge in [-0.1, -0.05) is 17.7 Å². The standard InChI is InChI=1S/C19H25N5O3/c1-15-2-4-16(5-3-15)27-14-19(25)21-18-7-6-17(22-23-18)20-8-9-24-10-12-26-13-11-24/h2-7H,8-14H2,1H3,(H,20,22)(H,21,23,25). The largest absolute Gasteiger partial charge is 0.484 e. The number of benzene rings is 1. The van der Waals surface area contributed by atoms with Gasteiger partial charge in [-0.15, -0.1) is 10.2 Å². The molecule has 0 aliphatic carbocycles. The van der Waals surface area contributed by atoms with Gasteiger partial charge in [0.05, 0.1) is 13.2 Å². The number of aryl methyl sites for hydroxylation is 1. The van der Waals surface area contributed by atoms with E-state index in [0.717, 1.165) is 45.0 Å². The highest BCUT2D eigenvalue weighted by molar-refractivity contribution is 5.90. The Labute approximate surface area is 158 Å². The van der Waals surface area contributed by atoms with Crippen LogP contribution < -0.4 is 15.4 Å². The number of hydrogen-bond acceptors (Lipinski definition) is 7. The molecule has 1 fully saturated rings. The number of aromatic nitrogens is 2. The summed E-state index contributed by atoms with van der Waals surface area (Å²) in [5.41, 5.74) is 1.14. The van der Waals surface area contributed by atoms with E-state index in [9.17, 15) is 4.79 Å². The van der Waals surface area contributed by atoms with E-state index in [1.54, 1.807) is 12.1 Å². The molecular weight excluding hydrogens is 346 g/mol. The van der Waals surface area contributed by atoms with Crippen LogP contribution >= 0.6 is 0 Å². The smallest absolute Gasteiger partial charge is 0.263 e. The Balaban J connectivity index is 1.37. The van der Waals surface area contributed by atoms with Crippen LogP contribution in [0.4, 0.5) is 11.6 Å². The van der Waals surface area contributed by atoms with Gasteiger partial charge in [-0.2, -0.15) is 0 Å². The van der Waals surface area contributed by atoms with Crippen LogP contribution in [-0.2, 0) is 9.53 Å². The van der Waals surface area contributed by atoms with E-state index in [2.05, 4.69) is 25.7 Å². The molecule has 0 saturated carbocycles. The number of ether oxygens (including phenoxy) is 2. The average molecular weight is 371 g/mol. The summed E-state index contributed by atoms with van der Waals surface area (Å²) in [6.07, 6.45) is 0. The lowest BCUT2D eigenvalue weighted by Crippen LogP contribution is -2.39. The van der Waals surface area contributed by atoms with Crippen LogP contribution in [0, 0.1) is 6.92 Å². The van der Waals surface area contributed by atoms with Crippen LogP contribution in [0.2, 0.25) is 0 Å². The third-order valence-electron chi connectivity index (χ3n) is 4.16. The lowest BCUT2D eigenvalue weighted by molar-refractivity contribution is -0.118. The van der Waals surface area contributed by atoms with Crippen molar-refractivity contribution in [1.29, 1.82) is 0 Å². The minimum Gasteiger partial charge on any atom is -0.484 e. The molecule has 1 aromatic carbocycles. The van der Waals surface area contributed by atoms with Crippen LogP contribution in [0.25, 0.3) is 0 Å². The van der Waals surface area contributed by atoms with Crippen LogP contribution in [0.3, 0.4) is 0 Å². The summed E-state index contributed by atoms with van der Waals surface area (Å²) in [5, 5.41) is 14.0. The van der Waals surface area contributed by atoms with Gasteiger partial charge in [0.1, 0.15) is 11.6 Å². The summed E-state index contributed by atoms with van der Waals surface area (Å²) in [7, 11) is 0. The zero-order chi connectivity index (χ0) is 18.9. The van der Waals surface area contributed by atoms with Gasteiger partial charge < -0.3 is 20.1 Å². The van der Waals surface area contributed by atoms with E-state index in [0.29, 0.717) is 17.4 Å². The Morgan fingerprint density at radius 1 is 1.11 bits per heavy atom. The molecular formula is C19H25N5O3. The second-order valence-electron chi connectivity index (χ2n) is 6.33. The van der Waals surface area contributed by atoms with Crippen LogP contribution in [0.5, 0.6) is 5.75 Å². The average Bonchev–Trinajstić information content (AvgIpc) is 2.70. The monoisotopic (exact) mass is 371 g/mol. The van der Waals surface area contributed by atoms with Gasteiger partial charge in [0.25, 0.3) is 5.91 Å². The van der Waals surface area contributed by atoms with Crippen LogP contribution in [0.1, 0.15) is 5.56 Å². The highest BCUT2D eigenvalue weighted by Gasteiger charge is 2.09. The fourth-order valence-electron chi connectivity index (χ4n) is 2.62. The number of amides is 1. The number of morpholine rings is 1. The van der Waals surface area contributed by atoms with Gasteiger partial charge in [-0.3, -0.25) is 9.69 Å². The molecule has 8 nitrogen and oxygen atoms in total. The molecule has 1 aliphatic rings. The molecule has 1 saturated heterocycles. The van der Waals surface area contributed by atoms with E-state index >= 15 is 0 Å². The molecule has 0 radical (unpaired) electrons. The van der Waals surface area contributed by atoms with E-state index < -0.39 is 0 Å². The molecule has 0 unspecified atom stereocenters. The molecule has 3 rings (SSSR count). The molecule has 0 atom stereocenters. The second kappa shape index (κ2) is 9.84. The van der Waals surface area contributed by atoms with Crippen molar-refractivity contribution >= 4 is 17.5 Å². The van der Waals surface area contributed by atoms with Crippen molar-refractivity contribution in [2.24, 2.45) is 0 Å². The number of nitrogens with one attached hydrogen (secondary N) is 2. The molecule has 27 heavy (non-hydrogen) atoms. The van der Waals surface area contributed by atoms with Crippen molar-refractivity contribution in [2.75, 3.05) is 56.6 Å². The van der Waals surface area contributed by atoms with Gasteiger partial charge in [0.15, 0.2) is 12.4 Å². The van der Waals surface area contributed by atoms with E-state index in [1.165, 1.54) is 0 Å². The van der Waals surface area contributed by atoms with Gasteiger partial charge in [-0.05, 0) is 31.2 Å². The fraction of sp³-hybridized carbons (Fsp3) is 0.421. The zero-order valence-electron chi connectivity index (χ0n) is 15.5. The first-order valence-corrected chi connectivity index (χ1v) is 9.06. The van der Waals surface area contributed by atoms with E-state index in [4.69, 9.17) is 9.47 Å². The molecule has 0 spiro atoms. The lowest BCUT2D eigenvalue weighted by atomic mass is 10.2. The maximum atomic E-state index is 11.9. The molecule has 144 valence electrons. The number of anilines is 2. The first-order chi connectivity index (χ1) is 13.2. The van der Waals surface area contributed by atoms with Crippen molar-refractivity contribution < 1.29 is 14.3 Å². The molecule has 1 amide bonds. The van der Waals surface area contributed by atoms with Crippen molar-refractivity contribution in [3.05, 3.63) is 42.0 Å². The molecule has 0 bridgehead atoms. The number of carbonyl (C=O) groups excluding carboxylic acids is 1. The van der Waals surface area contributed by atoms with Gasteiger partial charge in [0, 0.05) is 26.2 Å². The Morgan fingerprint density at radius 2 is 1.81 bits per heavy atom. The molecule has 2 aromatic rings. The highest BCUT2D eigenvalue weighted by Crippen LogP contribution is 2.11. The third kappa shape index (κ3) is 6.50. The third-order valence-corrected chi connectivity index (χ3v) is 4.16. The van der Waals surface area contributed by atoms with E-state index in [1.807, 2.05) is 31.2 Å². The molecule has 8 heteroatoms. The van der Waals surface area contributed by atoms with Gasteiger partial charge in [-0.25, -0.2) is 0 Å². The number of carbonyl (C=O) groups is 1. The lowest BCUT2D eigenvalue weighted by Gasteiger charge is -2.26.